The second-order valence-electron chi connectivity index (χ2n) is 4.15. The van der Waals surface area contributed by atoms with Gasteiger partial charge in [-0.05, 0) is 26.2 Å². The number of rotatable bonds is 4. The van der Waals surface area contributed by atoms with Crippen molar-refractivity contribution in [3.05, 3.63) is 11.8 Å². The summed E-state index contributed by atoms with van der Waals surface area (Å²) in [5, 5.41) is 1.55. The summed E-state index contributed by atoms with van der Waals surface area (Å²) in [6.07, 6.45) is 10.3. The van der Waals surface area contributed by atoms with Crippen molar-refractivity contribution in [2.75, 3.05) is 6.54 Å². The summed E-state index contributed by atoms with van der Waals surface area (Å²) in [6, 6.07) is -0.236. The quantitative estimate of drug-likeness (QED) is 0.209. The Hall–Kier alpha value is -1.51. The maximum Gasteiger partial charge on any atom is 0.139 e. The van der Waals surface area contributed by atoms with Gasteiger partial charge >= 0.3 is 0 Å². The van der Waals surface area contributed by atoms with Crippen molar-refractivity contribution in [1.82, 2.24) is 5.01 Å². The van der Waals surface area contributed by atoms with Crippen molar-refractivity contribution >= 4 is 5.84 Å². The molecule has 5 heteroatoms. The van der Waals surface area contributed by atoms with Gasteiger partial charge in [0.1, 0.15) is 11.9 Å². The molecule has 17 heavy (non-hydrogen) atoms. The van der Waals surface area contributed by atoms with Gasteiger partial charge in [-0.1, -0.05) is 5.92 Å². The SMILES string of the molecule is C#CC(N)C(N)=CC(=NC1CCC1)N(N)CC. The predicted octanol–water partition coefficient (Wildman–Crippen LogP) is -0.0639. The van der Waals surface area contributed by atoms with E-state index < -0.39 is 6.04 Å². The molecular formula is C12H21N5. The maximum absolute atomic E-state index is 5.84. The van der Waals surface area contributed by atoms with E-state index in [4.69, 9.17) is 23.7 Å². The lowest BCUT2D eigenvalue weighted by Gasteiger charge is -2.25. The van der Waals surface area contributed by atoms with Gasteiger partial charge < -0.3 is 11.5 Å². The highest BCUT2D eigenvalue weighted by molar-refractivity contribution is 5.93. The lowest BCUT2D eigenvalue weighted by atomic mass is 9.94. The van der Waals surface area contributed by atoms with Crippen molar-refractivity contribution in [3.63, 3.8) is 0 Å². The number of aliphatic imine (C=N–C) groups is 1. The molecule has 5 nitrogen and oxygen atoms in total. The van der Waals surface area contributed by atoms with Crippen molar-refractivity contribution in [2.45, 2.75) is 38.3 Å². The van der Waals surface area contributed by atoms with E-state index in [0.29, 0.717) is 24.1 Å². The van der Waals surface area contributed by atoms with Crippen LogP contribution in [0.15, 0.2) is 16.8 Å². The zero-order chi connectivity index (χ0) is 12.8. The first kappa shape index (κ1) is 13.6. The number of nitrogens with zero attached hydrogens (tertiary/aromatic N) is 2. The first-order valence-electron chi connectivity index (χ1n) is 5.87. The number of hydrazine groups is 1. The molecule has 1 aliphatic carbocycles. The van der Waals surface area contributed by atoms with Crippen LogP contribution in [0.3, 0.4) is 0 Å². The summed E-state index contributed by atoms with van der Waals surface area (Å²) in [5.74, 6) is 8.88. The van der Waals surface area contributed by atoms with Gasteiger partial charge in [-0.15, -0.1) is 6.42 Å². The predicted molar refractivity (Wildman–Crippen MR) is 70.7 cm³/mol. The largest absolute Gasteiger partial charge is 0.400 e. The molecule has 0 aliphatic heterocycles. The van der Waals surface area contributed by atoms with Crippen molar-refractivity contribution < 1.29 is 0 Å². The van der Waals surface area contributed by atoms with Crippen LogP contribution in [0.2, 0.25) is 0 Å². The van der Waals surface area contributed by atoms with E-state index in [-0.39, 0.29) is 0 Å². The first-order chi connectivity index (χ1) is 8.08. The molecule has 0 amide bonds. The Bertz CT molecular complexity index is 348. The average molecular weight is 235 g/mol. The number of terminal acetylenes is 1. The van der Waals surface area contributed by atoms with Crippen LogP contribution in [0.1, 0.15) is 26.2 Å². The van der Waals surface area contributed by atoms with Crippen LogP contribution >= 0.6 is 0 Å². The average Bonchev–Trinajstić information content (AvgIpc) is 2.29. The highest BCUT2D eigenvalue weighted by Crippen LogP contribution is 2.22. The van der Waals surface area contributed by atoms with Crippen LogP contribution in [0.5, 0.6) is 0 Å². The molecule has 1 unspecified atom stereocenters. The molecule has 0 spiro atoms. The van der Waals surface area contributed by atoms with Gasteiger partial charge in [0, 0.05) is 18.3 Å². The van der Waals surface area contributed by atoms with Crippen LogP contribution < -0.4 is 17.3 Å². The van der Waals surface area contributed by atoms with Crippen molar-refractivity contribution in [2.24, 2.45) is 22.3 Å². The molecule has 0 aromatic carbocycles. The molecule has 1 saturated carbocycles. The molecule has 0 saturated heterocycles. The summed E-state index contributed by atoms with van der Waals surface area (Å²) < 4.78 is 0. The molecule has 1 fully saturated rings. The van der Waals surface area contributed by atoms with Crippen LogP contribution in [0, 0.1) is 12.3 Å². The highest BCUT2D eigenvalue weighted by Gasteiger charge is 2.18. The van der Waals surface area contributed by atoms with Crippen LogP contribution in [0.25, 0.3) is 0 Å². The van der Waals surface area contributed by atoms with E-state index in [1.165, 1.54) is 6.42 Å². The smallest absolute Gasteiger partial charge is 0.139 e. The van der Waals surface area contributed by atoms with Gasteiger partial charge in [-0.2, -0.15) is 0 Å². The standard InChI is InChI=1S/C12H21N5/c1-3-10(13)11(14)8-12(17(15)4-2)16-9-6-5-7-9/h1,8-10H,4-7,13-15H2,2H3. The summed E-state index contributed by atoms with van der Waals surface area (Å²) in [7, 11) is 0. The molecule has 1 rings (SSSR count). The maximum atomic E-state index is 5.84. The molecule has 0 aromatic rings. The Morgan fingerprint density at radius 1 is 1.65 bits per heavy atom. The third-order valence-electron chi connectivity index (χ3n) is 2.86. The number of likely N-dealkylation sites (N-methyl/N-ethyl adjacent to an activating group) is 1. The Kier molecular flexibility index (Phi) is 5.01. The van der Waals surface area contributed by atoms with Gasteiger partial charge in [-0.25, -0.2) is 5.84 Å². The van der Waals surface area contributed by atoms with Gasteiger partial charge in [0.2, 0.25) is 0 Å². The first-order valence-corrected chi connectivity index (χ1v) is 5.87. The summed E-state index contributed by atoms with van der Waals surface area (Å²) in [6.45, 7) is 2.60. The van der Waals surface area contributed by atoms with Gasteiger partial charge in [0.05, 0.1) is 6.04 Å². The normalized spacial score (nSPS) is 19.4. The summed E-state index contributed by atoms with van der Waals surface area (Å²) >= 11 is 0. The zero-order valence-electron chi connectivity index (χ0n) is 10.3. The molecule has 1 atom stereocenters. The third kappa shape index (κ3) is 3.77. The Morgan fingerprint density at radius 3 is 2.71 bits per heavy atom. The van der Waals surface area contributed by atoms with Crippen LogP contribution in [-0.4, -0.2) is 29.5 Å². The van der Waals surface area contributed by atoms with Gasteiger partial charge in [-0.3, -0.25) is 10.0 Å². The van der Waals surface area contributed by atoms with Gasteiger partial charge in [0.15, 0.2) is 0 Å². The van der Waals surface area contributed by atoms with E-state index in [1.807, 2.05) is 6.92 Å². The monoisotopic (exact) mass is 235 g/mol. The highest BCUT2D eigenvalue weighted by atomic mass is 15.4. The molecule has 94 valence electrons. The molecular weight excluding hydrogens is 214 g/mol. The molecule has 6 N–H and O–H groups in total. The Morgan fingerprint density at radius 2 is 2.29 bits per heavy atom. The Balaban J connectivity index is 2.83. The second kappa shape index (κ2) is 6.28. The van der Waals surface area contributed by atoms with E-state index in [9.17, 15) is 0 Å². The van der Waals surface area contributed by atoms with E-state index >= 15 is 0 Å². The lowest BCUT2D eigenvalue weighted by Crippen LogP contribution is -2.39. The molecule has 0 radical (unpaired) electrons. The molecule has 1 aliphatic rings. The summed E-state index contributed by atoms with van der Waals surface area (Å²) in [5.41, 5.74) is 11.8. The van der Waals surface area contributed by atoms with Crippen LogP contribution in [0.4, 0.5) is 0 Å². The Labute approximate surface area is 103 Å². The fourth-order valence-electron chi connectivity index (χ4n) is 1.39. The molecule has 0 bridgehead atoms. The van der Waals surface area contributed by atoms with E-state index in [1.54, 1.807) is 11.1 Å². The number of nitrogens with two attached hydrogens (primary N) is 3. The number of hydrogen-bond donors (Lipinski definition) is 3. The van der Waals surface area contributed by atoms with Crippen molar-refractivity contribution in [3.8, 4) is 12.3 Å². The topological polar surface area (TPSA) is 93.7 Å². The number of hydrogen-bond acceptors (Lipinski definition) is 4. The van der Waals surface area contributed by atoms with E-state index in [2.05, 4.69) is 10.9 Å². The lowest BCUT2D eigenvalue weighted by molar-refractivity contribution is 0.403. The minimum absolute atomic E-state index is 0.355. The second-order valence-corrected chi connectivity index (χ2v) is 4.15. The zero-order valence-corrected chi connectivity index (χ0v) is 10.3. The minimum Gasteiger partial charge on any atom is -0.400 e. The molecule has 0 heterocycles. The molecule has 0 aromatic heterocycles. The van der Waals surface area contributed by atoms with Crippen LogP contribution in [-0.2, 0) is 0 Å². The fraction of sp³-hybridized carbons (Fsp3) is 0.583. The van der Waals surface area contributed by atoms with E-state index in [0.717, 1.165) is 12.8 Å². The number of amidine groups is 1. The third-order valence-corrected chi connectivity index (χ3v) is 2.86. The fourth-order valence-corrected chi connectivity index (χ4v) is 1.39. The van der Waals surface area contributed by atoms with Crippen molar-refractivity contribution in [1.29, 1.82) is 0 Å². The summed E-state index contributed by atoms with van der Waals surface area (Å²) in [4.78, 5) is 4.55. The minimum atomic E-state index is -0.591. The van der Waals surface area contributed by atoms with Gasteiger partial charge in [0.25, 0.3) is 0 Å².